The fourth-order valence-corrected chi connectivity index (χ4v) is 4.98. The van der Waals surface area contributed by atoms with Crippen LogP contribution in [0.4, 0.5) is 4.39 Å². The normalized spacial score (nSPS) is 19.0. The van der Waals surface area contributed by atoms with E-state index in [1.807, 2.05) is 30.3 Å². The summed E-state index contributed by atoms with van der Waals surface area (Å²) in [4.78, 5) is 0. The molecule has 1 aliphatic rings. The lowest BCUT2D eigenvalue weighted by Gasteiger charge is -2.29. The van der Waals surface area contributed by atoms with Crippen molar-refractivity contribution in [1.29, 1.82) is 5.26 Å². The molecule has 0 radical (unpaired) electrons. The summed E-state index contributed by atoms with van der Waals surface area (Å²) in [5, 5.41) is 10.6. The van der Waals surface area contributed by atoms with E-state index in [0.717, 1.165) is 16.9 Å². The number of rotatable bonds is 6. The number of nitriles is 1. The molecule has 0 atom stereocenters. The van der Waals surface area contributed by atoms with Crippen LogP contribution in [0.25, 0.3) is 21.9 Å². The molecule has 1 fully saturated rings. The largest absolute Gasteiger partial charge is 0.206 e. The van der Waals surface area contributed by atoms with Gasteiger partial charge in [0.25, 0.3) is 0 Å². The van der Waals surface area contributed by atoms with Crippen LogP contribution in [0.3, 0.4) is 0 Å². The molecule has 0 saturated heterocycles. The molecule has 3 aromatic carbocycles. The molecular weight excluding hydrogens is 369 g/mol. The second-order valence-corrected chi connectivity index (χ2v) is 8.81. The number of hydrogen-bond acceptors (Lipinski definition) is 1. The van der Waals surface area contributed by atoms with Crippen molar-refractivity contribution in [2.75, 3.05) is 0 Å². The van der Waals surface area contributed by atoms with Crippen LogP contribution in [0, 0.1) is 23.1 Å². The van der Waals surface area contributed by atoms with Crippen LogP contribution >= 0.6 is 0 Å². The van der Waals surface area contributed by atoms with Crippen LogP contribution in [-0.2, 0) is 0 Å². The van der Waals surface area contributed by atoms with Crippen LogP contribution in [0.1, 0.15) is 75.3 Å². The molecule has 0 N–H and O–H groups in total. The third-order valence-electron chi connectivity index (χ3n) is 6.84. The summed E-state index contributed by atoms with van der Waals surface area (Å²) in [5.41, 5.74) is 3.34. The highest BCUT2D eigenvalue weighted by atomic mass is 19.1. The number of unbranched alkanes of at least 4 members (excludes halogenated alkanes) is 2. The SMILES string of the molecule is CCCCC[C@H]1CC[C@H](c2ccc3c(F)c(-c4ccc(C#N)cc4)ccc3c2)CC1. The van der Waals surface area contributed by atoms with E-state index in [4.69, 9.17) is 5.26 Å². The standard InChI is InChI=1S/C28H30FN/c1-2-3-4-5-20-6-10-22(11-7-20)24-14-16-27-25(18-24)15-17-26(28(27)29)23-12-8-21(19-30)9-13-23/h8-9,12-18,20,22H,2-7,10-11H2,1H3/t20-,22-. The first-order chi connectivity index (χ1) is 14.7. The highest BCUT2D eigenvalue weighted by Gasteiger charge is 2.22. The van der Waals surface area contributed by atoms with Crippen LogP contribution in [0.15, 0.2) is 54.6 Å². The lowest BCUT2D eigenvalue weighted by Crippen LogP contribution is -2.13. The summed E-state index contributed by atoms with van der Waals surface area (Å²) in [7, 11) is 0. The summed E-state index contributed by atoms with van der Waals surface area (Å²) < 4.78 is 15.2. The maximum Gasteiger partial charge on any atom is 0.138 e. The van der Waals surface area contributed by atoms with Crippen molar-refractivity contribution < 1.29 is 4.39 Å². The van der Waals surface area contributed by atoms with Gasteiger partial charge in [-0.05, 0) is 66.2 Å². The van der Waals surface area contributed by atoms with Crippen LogP contribution in [0.2, 0.25) is 0 Å². The topological polar surface area (TPSA) is 23.8 Å². The van der Waals surface area contributed by atoms with E-state index in [1.54, 1.807) is 12.1 Å². The predicted octanol–water partition coefficient (Wildman–Crippen LogP) is 8.37. The second kappa shape index (κ2) is 9.43. The minimum Gasteiger partial charge on any atom is -0.206 e. The highest BCUT2D eigenvalue weighted by Crippen LogP contribution is 2.39. The van der Waals surface area contributed by atoms with Gasteiger partial charge in [0.2, 0.25) is 0 Å². The zero-order chi connectivity index (χ0) is 20.9. The molecular formula is C28H30FN. The molecule has 154 valence electrons. The average molecular weight is 400 g/mol. The van der Waals surface area contributed by atoms with Crippen molar-refractivity contribution in [1.82, 2.24) is 0 Å². The summed E-state index contributed by atoms with van der Waals surface area (Å²) in [6.07, 6.45) is 10.6. The number of hydrogen-bond donors (Lipinski definition) is 0. The van der Waals surface area contributed by atoms with Gasteiger partial charge in [0, 0.05) is 10.9 Å². The molecule has 0 heterocycles. The molecule has 1 nitrogen and oxygen atoms in total. The minimum absolute atomic E-state index is 0.177. The van der Waals surface area contributed by atoms with E-state index in [1.165, 1.54) is 56.9 Å². The van der Waals surface area contributed by atoms with Crippen molar-refractivity contribution in [3.63, 3.8) is 0 Å². The number of benzene rings is 3. The zero-order valence-electron chi connectivity index (χ0n) is 17.8. The molecule has 4 rings (SSSR count). The Morgan fingerprint density at radius 1 is 0.933 bits per heavy atom. The van der Waals surface area contributed by atoms with E-state index in [-0.39, 0.29) is 5.82 Å². The first kappa shape index (κ1) is 20.6. The number of fused-ring (bicyclic) bond motifs is 1. The van der Waals surface area contributed by atoms with Gasteiger partial charge < -0.3 is 0 Å². The Bertz CT molecular complexity index is 1040. The molecule has 0 spiro atoms. The first-order valence-electron chi connectivity index (χ1n) is 11.4. The molecule has 0 bridgehead atoms. The third kappa shape index (κ3) is 4.41. The van der Waals surface area contributed by atoms with E-state index in [9.17, 15) is 0 Å². The summed E-state index contributed by atoms with van der Waals surface area (Å²) in [6.45, 7) is 2.27. The lowest BCUT2D eigenvalue weighted by atomic mass is 9.76. The van der Waals surface area contributed by atoms with Gasteiger partial charge in [0.05, 0.1) is 11.6 Å². The Morgan fingerprint density at radius 2 is 1.70 bits per heavy atom. The van der Waals surface area contributed by atoms with Crippen molar-refractivity contribution >= 4 is 10.8 Å². The Kier molecular flexibility index (Phi) is 6.48. The van der Waals surface area contributed by atoms with Crippen LogP contribution < -0.4 is 0 Å². The third-order valence-corrected chi connectivity index (χ3v) is 6.84. The smallest absolute Gasteiger partial charge is 0.138 e. The van der Waals surface area contributed by atoms with Crippen molar-refractivity contribution in [3.05, 3.63) is 71.5 Å². The summed E-state index contributed by atoms with van der Waals surface area (Å²) in [5.74, 6) is 1.34. The van der Waals surface area contributed by atoms with Gasteiger partial charge in [-0.25, -0.2) is 4.39 Å². The van der Waals surface area contributed by atoms with Gasteiger partial charge in [0.1, 0.15) is 5.82 Å². The van der Waals surface area contributed by atoms with Crippen LogP contribution in [-0.4, -0.2) is 0 Å². The maximum atomic E-state index is 15.2. The minimum atomic E-state index is -0.177. The average Bonchev–Trinajstić information content (AvgIpc) is 2.80. The second-order valence-electron chi connectivity index (χ2n) is 8.81. The van der Waals surface area contributed by atoms with Gasteiger partial charge in [-0.15, -0.1) is 0 Å². The lowest BCUT2D eigenvalue weighted by molar-refractivity contribution is 0.303. The van der Waals surface area contributed by atoms with Gasteiger partial charge >= 0.3 is 0 Å². The molecule has 3 aromatic rings. The molecule has 1 aliphatic carbocycles. The number of halogens is 1. The quantitative estimate of drug-likeness (QED) is 0.382. The van der Waals surface area contributed by atoms with Gasteiger partial charge in [-0.3, -0.25) is 0 Å². The molecule has 1 saturated carbocycles. The Balaban J connectivity index is 1.51. The molecule has 0 aliphatic heterocycles. The molecule has 0 amide bonds. The molecule has 30 heavy (non-hydrogen) atoms. The molecule has 2 heteroatoms. The van der Waals surface area contributed by atoms with Crippen molar-refractivity contribution in [2.45, 2.75) is 64.2 Å². The Hall–Kier alpha value is -2.66. The van der Waals surface area contributed by atoms with Gasteiger partial charge in [-0.2, -0.15) is 5.26 Å². The fourth-order valence-electron chi connectivity index (χ4n) is 4.98. The van der Waals surface area contributed by atoms with Crippen molar-refractivity contribution in [2.24, 2.45) is 5.92 Å². The van der Waals surface area contributed by atoms with Crippen LogP contribution in [0.5, 0.6) is 0 Å². The van der Waals surface area contributed by atoms with E-state index < -0.39 is 0 Å². The Morgan fingerprint density at radius 3 is 2.40 bits per heavy atom. The Labute approximate surface area is 179 Å². The molecule has 0 aromatic heterocycles. The number of nitrogens with zero attached hydrogens (tertiary/aromatic N) is 1. The van der Waals surface area contributed by atoms with E-state index in [0.29, 0.717) is 22.4 Å². The predicted molar refractivity (Wildman–Crippen MR) is 123 cm³/mol. The van der Waals surface area contributed by atoms with E-state index >= 15 is 4.39 Å². The highest BCUT2D eigenvalue weighted by molar-refractivity contribution is 5.89. The molecule has 0 unspecified atom stereocenters. The summed E-state index contributed by atoms with van der Waals surface area (Å²) in [6, 6.07) is 19.4. The van der Waals surface area contributed by atoms with E-state index in [2.05, 4.69) is 25.1 Å². The monoisotopic (exact) mass is 399 g/mol. The first-order valence-corrected chi connectivity index (χ1v) is 11.4. The van der Waals surface area contributed by atoms with Gasteiger partial charge in [0.15, 0.2) is 0 Å². The van der Waals surface area contributed by atoms with Gasteiger partial charge in [-0.1, -0.05) is 75.1 Å². The van der Waals surface area contributed by atoms with Crippen molar-refractivity contribution in [3.8, 4) is 17.2 Å². The maximum absolute atomic E-state index is 15.2. The zero-order valence-corrected chi connectivity index (χ0v) is 17.8. The summed E-state index contributed by atoms with van der Waals surface area (Å²) >= 11 is 0. The fraction of sp³-hybridized carbons (Fsp3) is 0.393.